The largest absolute Gasteiger partial charge is 0.316 e. The van der Waals surface area contributed by atoms with Gasteiger partial charge in [-0.2, -0.15) is 5.10 Å². The van der Waals surface area contributed by atoms with Crippen LogP contribution in [0.3, 0.4) is 0 Å². The van der Waals surface area contributed by atoms with E-state index in [2.05, 4.69) is 21.5 Å². The van der Waals surface area contributed by atoms with Crippen LogP contribution in [0.25, 0.3) is 5.65 Å². The Hall–Kier alpha value is -1.13. The van der Waals surface area contributed by atoms with Gasteiger partial charge in [0.2, 0.25) is 0 Å². The van der Waals surface area contributed by atoms with E-state index in [0.29, 0.717) is 5.92 Å². The summed E-state index contributed by atoms with van der Waals surface area (Å²) < 4.78 is 1.99. The average molecular weight is 253 g/mol. The lowest BCUT2D eigenvalue weighted by atomic mass is 9.96. The molecule has 0 radical (unpaired) electrons. The summed E-state index contributed by atoms with van der Waals surface area (Å²) >= 11 is 0. The summed E-state index contributed by atoms with van der Waals surface area (Å²) in [6.07, 6.45) is 4.38. The van der Waals surface area contributed by atoms with Crippen molar-refractivity contribution < 1.29 is 0 Å². The Balaban J connectivity index is 0.00000108. The van der Waals surface area contributed by atoms with Gasteiger partial charge < -0.3 is 5.32 Å². The molecule has 0 spiro atoms. The molecule has 1 aliphatic heterocycles. The van der Waals surface area contributed by atoms with E-state index >= 15 is 0 Å². The lowest BCUT2D eigenvalue weighted by molar-refractivity contribution is 0.448. The number of nitrogens with one attached hydrogen (secondary N) is 1. The van der Waals surface area contributed by atoms with Crippen LogP contribution in [0.5, 0.6) is 0 Å². The van der Waals surface area contributed by atoms with Crippen molar-refractivity contribution in [1.29, 1.82) is 0 Å². The van der Waals surface area contributed by atoms with Crippen LogP contribution in [0.2, 0.25) is 0 Å². The zero-order valence-corrected chi connectivity index (χ0v) is 10.7. The predicted octanol–water partition coefficient (Wildman–Crippen LogP) is 1.93. The highest BCUT2D eigenvalue weighted by Gasteiger charge is 2.18. The van der Waals surface area contributed by atoms with Crippen molar-refractivity contribution >= 4 is 18.1 Å². The molecule has 1 fully saturated rings. The Bertz CT molecular complexity index is 502. The number of piperidine rings is 1. The van der Waals surface area contributed by atoms with Gasteiger partial charge in [0.05, 0.1) is 11.4 Å². The molecule has 0 saturated carbocycles. The van der Waals surface area contributed by atoms with Gasteiger partial charge in [-0.3, -0.25) is 0 Å². The summed E-state index contributed by atoms with van der Waals surface area (Å²) in [5, 5.41) is 7.96. The molecule has 3 rings (SSSR count). The Morgan fingerprint density at radius 1 is 1.47 bits per heavy atom. The van der Waals surface area contributed by atoms with Crippen LogP contribution in [0, 0.1) is 6.92 Å². The van der Waals surface area contributed by atoms with E-state index in [0.717, 1.165) is 24.4 Å². The quantitative estimate of drug-likeness (QED) is 0.843. The topological polar surface area (TPSA) is 42.2 Å². The minimum Gasteiger partial charge on any atom is -0.316 e. The zero-order chi connectivity index (χ0) is 11.0. The highest BCUT2D eigenvalue weighted by molar-refractivity contribution is 5.85. The van der Waals surface area contributed by atoms with E-state index in [-0.39, 0.29) is 12.4 Å². The molecule has 92 valence electrons. The molecule has 1 aliphatic rings. The lowest BCUT2D eigenvalue weighted by Crippen LogP contribution is -2.29. The minimum atomic E-state index is 0. The van der Waals surface area contributed by atoms with Gasteiger partial charge in [0, 0.05) is 24.7 Å². The Kier molecular flexibility index (Phi) is 3.64. The maximum atomic E-state index is 4.51. The van der Waals surface area contributed by atoms with E-state index < -0.39 is 0 Å². The smallest absolute Gasteiger partial charge is 0.155 e. The van der Waals surface area contributed by atoms with E-state index in [1.54, 1.807) is 0 Å². The first-order valence-corrected chi connectivity index (χ1v) is 5.86. The van der Waals surface area contributed by atoms with E-state index in [1.165, 1.54) is 18.5 Å². The SMILES string of the molecule is Cc1cc2nccc(C3CCCNC3)n2n1.Cl. The number of aromatic nitrogens is 3. The molecule has 3 heterocycles. The van der Waals surface area contributed by atoms with Crippen LogP contribution in [0.15, 0.2) is 18.3 Å². The molecule has 1 unspecified atom stereocenters. The van der Waals surface area contributed by atoms with Crippen molar-refractivity contribution in [2.75, 3.05) is 13.1 Å². The monoisotopic (exact) mass is 252 g/mol. The molecule has 0 aromatic carbocycles. The highest BCUT2D eigenvalue weighted by Crippen LogP contribution is 2.23. The second-order valence-corrected chi connectivity index (χ2v) is 4.47. The first-order valence-electron chi connectivity index (χ1n) is 5.86. The number of fused-ring (bicyclic) bond motifs is 1. The Labute approximate surface area is 107 Å². The number of nitrogens with zero attached hydrogens (tertiary/aromatic N) is 3. The summed E-state index contributed by atoms with van der Waals surface area (Å²) in [5.41, 5.74) is 3.27. The van der Waals surface area contributed by atoms with Crippen LogP contribution >= 0.6 is 12.4 Å². The van der Waals surface area contributed by atoms with Crippen molar-refractivity contribution in [2.24, 2.45) is 0 Å². The molecule has 1 atom stereocenters. The summed E-state index contributed by atoms with van der Waals surface area (Å²) in [5.74, 6) is 0.568. The standard InChI is InChI=1S/C12H16N4.ClH/c1-9-7-12-14-6-4-11(16(12)15-9)10-3-2-5-13-8-10;/h4,6-7,10,13H,2-3,5,8H2,1H3;1H. The third-order valence-corrected chi connectivity index (χ3v) is 3.22. The van der Waals surface area contributed by atoms with Crippen molar-refractivity contribution in [3.8, 4) is 0 Å². The Morgan fingerprint density at radius 2 is 2.35 bits per heavy atom. The lowest BCUT2D eigenvalue weighted by Gasteiger charge is -2.23. The van der Waals surface area contributed by atoms with E-state index in [4.69, 9.17) is 0 Å². The second kappa shape index (κ2) is 5.02. The van der Waals surface area contributed by atoms with Crippen LogP contribution < -0.4 is 5.32 Å². The maximum Gasteiger partial charge on any atom is 0.155 e. The first-order chi connectivity index (χ1) is 7.84. The number of hydrogen-bond donors (Lipinski definition) is 1. The van der Waals surface area contributed by atoms with Gasteiger partial charge >= 0.3 is 0 Å². The Morgan fingerprint density at radius 3 is 3.12 bits per heavy atom. The molecule has 1 saturated heterocycles. The van der Waals surface area contributed by atoms with E-state index in [9.17, 15) is 0 Å². The maximum absolute atomic E-state index is 4.51. The van der Waals surface area contributed by atoms with Gasteiger partial charge in [-0.1, -0.05) is 0 Å². The molecule has 17 heavy (non-hydrogen) atoms. The molecule has 2 aromatic rings. The van der Waals surface area contributed by atoms with Crippen molar-refractivity contribution in [1.82, 2.24) is 19.9 Å². The molecule has 0 bridgehead atoms. The molecule has 0 amide bonds. The summed E-state index contributed by atoms with van der Waals surface area (Å²) in [6, 6.07) is 4.12. The molecule has 4 nitrogen and oxygen atoms in total. The fourth-order valence-electron chi connectivity index (χ4n) is 2.44. The third kappa shape index (κ3) is 2.28. The van der Waals surface area contributed by atoms with Gasteiger partial charge in [0.15, 0.2) is 5.65 Å². The van der Waals surface area contributed by atoms with Gasteiger partial charge in [-0.25, -0.2) is 9.50 Å². The third-order valence-electron chi connectivity index (χ3n) is 3.22. The summed E-state index contributed by atoms with van der Waals surface area (Å²) in [4.78, 5) is 4.34. The van der Waals surface area contributed by atoms with Crippen LogP contribution in [-0.4, -0.2) is 27.7 Å². The van der Waals surface area contributed by atoms with Crippen LogP contribution in [0.4, 0.5) is 0 Å². The van der Waals surface area contributed by atoms with Crippen molar-refractivity contribution in [2.45, 2.75) is 25.7 Å². The fraction of sp³-hybridized carbons (Fsp3) is 0.500. The van der Waals surface area contributed by atoms with Gasteiger partial charge in [0.25, 0.3) is 0 Å². The number of hydrogen-bond acceptors (Lipinski definition) is 3. The zero-order valence-electron chi connectivity index (χ0n) is 9.89. The molecular weight excluding hydrogens is 236 g/mol. The van der Waals surface area contributed by atoms with Crippen molar-refractivity contribution in [3.05, 3.63) is 29.7 Å². The van der Waals surface area contributed by atoms with E-state index in [1.807, 2.05) is 23.7 Å². The number of halogens is 1. The fourth-order valence-corrected chi connectivity index (χ4v) is 2.44. The van der Waals surface area contributed by atoms with Crippen molar-refractivity contribution in [3.63, 3.8) is 0 Å². The molecule has 1 N–H and O–H groups in total. The summed E-state index contributed by atoms with van der Waals surface area (Å²) in [6.45, 7) is 4.21. The predicted molar refractivity (Wildman–Crippen MR) is 69.8 cm³/mol. The second-order valence-electron chi connectivity index (χ2n) is 4.47. The van der Waals surface area contributed by atoms with Gasteiger partial charge in [-0.05, 0) is 32.4 Å². The summed E-state index contributed by atoms with van der Waals surface area (Å²) in [7, 11) is 0. The highest BCUT2D eigenvalue weighted by atomic mass is 35.5. The number of rotatable bonds is 1. The normalized spacial score (nSPS) is 20.2. The van der Waals surface area contributed by atoms with Crippen LogP contribution in [-0.2, 0) is 0 Å². The first kappa shape index (κ1) is 12.3. The number of aryl methyl sites for hydroxylation is 1. The average Bonchev–Trinajstić information content (AvgIpc) is 2.70. The molecule has 5 heteroatoms. The van der Waals surface area contributed by atoms with Gasteiger partial charge in [0.1, 0.15) is 0 Å². The minimum absolute atomic E-state index is 0. The molecular formula is C12H17ClN4. The molecule has 0 aliphatic carbocycles. The van der Waals surface area contributed by atoms with Crippen LogP contribution in [0.1, 0.15) is 30.1 Å². The molecule has 2 aromatic heterocycles. The van der Waals surface area contributed by atoms with Gasteiger partial charge in [-0.15, -0.1) is 12.4 Å².